The topological polar surface area (TPSA) is 77.2 Å². The normalized spacial score (nSPS) is 11.7. The van der Waals surface area contributed by atoms with Crippen LogP contribution in [0.1, 0.15) is 17.3 Å². The van der Waals surface area contributed by atoms with Crippen LogP contribution in [-0.4, -0.2) is 31.9 Å². The van der Waals surface area contributed by atoms with Crippen LogP contribution in [-0.2, 0) is 0 Å². The SMILES string of the molecule is CC(F)(F)Oc1ccc(-n2nc(I)c3c(C(=O)O)ccnc32)cc1. The van der Waals surface area contributed by atoms with Crippen molar-refractivity contribution in [3.63, 3.8) is 0 Å². The maximum atomic E-state index is 12.9. The molecule has 9 heteroatoms. The van der Waals surface area contributed by atoms with Crippen LogP contribution in [0, 0.1) is 3.70 Å². The second-order valence-electron chi connectivity index (χ2n) is 4.97. The highest BCUT2D eigenvalue weighted by molar-refractivity contribution is 14.1. The molecule has 0 aliphatic rings. The molecule has 2 aromatic heterocycles. The van der Waals surface area contributed by atoms with Crippen LogP contribution < -0.4 is 4.74 Å². The molecule has 24 heavy (non-hydrogen) atoms. The molecule has 0 atom stereocenters. The third kappa shape index (κ3) is 3.16. The van der Waals surface area contributed by atoms with E-state index in [1.54, 1.807) is 12.1 Å². The number of aromatic nitrogens is 3. The first kappa shape index (κ1) is 16.6. The number of hydrogen-bond acceptors (Lipinski definition) is 4. The lowest BCUT2D eigenvalue weighted by atomic mass is 10.2. The molecule has 0 fully saturated rings. The number of carbonyl (C=O) groups is 1. The Labute approximate surface area is 148 Å². The molecule has 124 valence electrons. The number of halogens is 3. The Hall–Kier alpha value is -2.30. The monoisotopic (exact) mass is 445 g/mol. The van der Waals surface area contributed by atoms with Crippen molar-refractivity contribution in [2.24, 2.45) is 0 Å². The fourth-order valence-electron chi connectivity index (χ4n) is 2.22. The predicted molar refractivity (Wildman–Crippen MR) is 89.8 cm³/mol. The molecule has 1 N–H and O–H groups in total. The van der Waals surface area contributed by atoms with Gasteiger partial charge in [0, 0.05) is 13.1 Å². The molecular weight excluding hydrogens is 435 g/mol. The molecule has 0 spiro atoms. The van der Waals surface area contributed by atoms with Gasteiger partial charge in [-0.1, -0.05) is 0 Å². The van der Waals surface area contributed by atoms with Crippen molar-refractivity contribution >= 4 is 39.6 Å². The largest absolute Gasteiger partial charge is 0.478 e. The van der Waals surface area contributed by atoms with Gasteiger partial charge in [-0.3, -0.25) is 0 Å². The molecular formula is C15H10F2IN3O3. The van der Waals surface area contributed by atoms with Gasteiger partial charge in [0.2, 0.25) is 0 Å². The van der Waals surface area contributed by atoms with Crippen LogP contribution in [0.5, 0.6) is 5.75 Å². The average molecular weight is 445 g/mol. The Kier molecular flexibility index (Phi) is 4.11. The summed E-state index contributed by atoms with van der Waals surface area (Å²) in [6.45, 7) is 0.654. The summed E-state index contributed by atoms with van der Waals surface area (Å²) in [5, 5.41) is 14.0. The molecule has 0 saturated heterocycles. The van der Waals surface area contributed by atoms with E-state index in [0.29, 0.717) is 27.3 Å². The zero-order chi connectivity index (χ0) is 17.5. The fourth-order valence-corrected chi connectivity index (χ4v) is 2.97. The minimum Gasteiger partial charge on any atom is -0.478 e. The van der Waals surface area contributed by atoms with Crippen LogP contribution in [0.4, 0.5) is 8.78 Å². The number of carboxylic acids is 1. The average Bonchev–Trinajstić information content (AvgIpc) is 2.84. The summed E-state index contributed by atoms with van der Waals surface area (Å²) in [5.41, 5.74) is 1.01. The van der Waals surface area contributed by atoms with Crippen molar-refractivity contribution in [2.45, 2.75) is 13.0 Å². The number of nitrogens with zero attached hydrogens (tertiary/aromatic N) is 3. The summed E-state index contributed by atoms with van der Waals surface area (Å²) in [6, 6.07) is 7.25. The van der Waals surface area contributed by atoms with Crippen LogP contribution in [0.2, 0.25) is 0 Å². The van der Waals surface area contributed by atoms with Gasteiger partial charge < -0.3 is 9.84 Å². The van der Waals surface area contributed by atoms with Crippen LogP contribution in [0.3, 0.4) is 0 Å². The maximum Gasteiger partial charge on any atom is 0.394 e. The first-order chi connectivity index (χ1) is 11.3. The van der Waals surface area contributed by atoms with E-state index >= 15 is 0 Å². The van der Waals surface area contributed by atoms with Gasteiger partial charge in [0.1, 0.15) is 9.45 Å². The van der Waals surface area contributed by atoms with Crippen molar-refractivity contribution in [3.8, 4) is 11.4 Å². The third-order valence-electron chi connectivity index (χ3n) is 3.13. The number of carboxylic acid groups (broad SMARTS) is 1. The minimum absolute atomic E-state index is 0.0107. The second kappa shape index (κ2) is 5.96. The highest BCUT2D eigenvalue weighted by Gasteiger charge is 2.23. The van der Waals surface area contributed by atoms with Crippen molar-refractivity contribution in [3.05, 3.63) is 45.8 Å². The standard InChI is InChI=1S/C15H10F2IN3O3/c1-15(16,17)24-9-4-2-8(3-5-9)21-13-11(12(18)20-21)10(14(22)23)6-7-19-13/h2-7H,1H3,(H,22,23). The van der Waals surface area contributed by atoms with Gasteiger partial charge in [0.25, 0.3) is 0 Å². The molecule has 0 amide bonds. The molecule has 0 aliphatic heterocycles. The quantitative estimate of drug-likeness (QED) is 0.620. The number of hydrogen-bond donors (Lipinski definition) is 1. The number of rotatable bonds is 4. The number of fused-ring (bicyclic) bond motifs is 1. The number of aromatic carboxylic acids is 1. The molecule has 3 rings (SSSR count). The van der Waals surface area contributed by atoms with E-state index in [1.807, 2.05) is 22.6 Å². The smallest absolute Gasteiger partial charge is 0.394 e. The van der Waals surface area contributed by atoms with Crippen LogP contribution in [0.25, 0.3) is 16.7 Å². The van der Waals surface area contributed by atoms with Gasteiger partial charge in [-0.15, -0.1) is 0 Å². The Morgan fingerprint density at radius 2 is 1.96 bits per heavy atom. The molecule has 0 aliphatic carbocycles. The zero-order valence-electron chi connectivity index (χ0n) is 12.2. The van der Waals surface area contributed by atoms with E-state index in [0.717, 1.165) is 0 Å². The maximum absolute atomic E-state index is 12.9. The predicted octanol–water partition coefficient (Wildman–Crippen LogP) is 3.71. The van der Waals surface area contributed by atoms with Crippen molar-refractivity contribution in [2.75, 3.05) is 0 Å². The van der Waals surface area contributed by atoms with Gasteiger partial charge >= 0.3 is 12.1 Å². The van der Waals surface area contributed by atoms with Gasteiger partial charge in [0.15, 0.2) is 5.65 Å². The fraction of sp³-hybridized carbons (Fsp3) is 0.133. The molecule has 0 radical (unpaired) electrons. The summed E-state index contributed by atoms with van der Waals surface area (Å²) in [7, 11) is 0. The Morgan fingerprint density at radius 1 is 1.29 bits per heavy atom. The second-order valence-corrected chi connectivity index (χ2v) is 5.99. The Bertz CT molecular complexity index is 920. The Morgan fingerprint density at radius 3 is 2.54 bits per heavy atom. The van der Waals surface area contributed by atoms with Gasteiger partial charge in [0.05, 0.1) is 16.6 Å². The van der Waals surface area contributed by atoms with Crippen LogP contribution >= 0.6 is 22.6 Å². The zero-order valence-corrected chi connectivity index (χ0v) is 14.4. The van der Waals surface area contributed by atoms with Crippen LogP contribution in [0.15, 0.2) is 36.5 Å². The number of alkyl halides is 2. The molecule has 0 saturated carbocycles. The summed E-state index contributed by atoms with van der Waals surface area (Å²) >= 11 is 1.93. The van der Waals surface area contributed by atoms with E-state index in [4.69, 9.17) is 0 Å². The number of pyridine rings is 1. The molecule has 0 bridgehead atoms. The van der Waals surface area contributed by atoms with Crippen molar-refractivity contribution in [1.29, 1.82) is 0 Å². The van der Waals surface area contributed by atoms with E-state index in [-0.39, 0.29) is 11.3 Å². The molecule has 6 nitrogen and oxygen atoms in total. The summed E-state index contributed by atoms with van der Waals surface area (Å²) in [6.07, 6.45) is -1.89. The highest BCUT2D eigenvalue weighted by Crippen LogP contribution is 2.27. The summed E-state index contributed by atoms with van der Waals surface area (Å²) in [5.74, 6) is -1.06. The molecule has 0 unspecified atom stereocenters. The lowest BCUT2D eigenvalue weighted by Crippen LogP contribution is -2.19. The van der Waals surface area contributed by atoms with E-state index < -0.39 is 12.1 Å². The van der Waals surface area contributed by atoms with E-state index in [1.165, 1.54) is 29.1 Å². The Balaban J connectivity index is 2.07. The summed E-state index contributed by atoms with van der Waals surface area (Å²) in [4.78, 5) is 15.5. The van der Waals surface area contributed by atoms with E-state index in [2.05, 4.69) is 14.8 Å². The highest BCUT2D eigenvalue weighted by atomic mass is 127. The van der Waals surface area contributed by atoms with Crippen molar-refractivity contribution < 1.29 is 23.4 Å². The van der Waals surface area contributed by atoms with E-state index in [9.17, 15) is 18.7 Å². The molecule has 1 aromatic carbocycles. The first-order valence-corrected chi connectivity index (χ1v) is 7.78. The lowest BCUT2D eigenvalue weighted by Gasteiger charge is -2.13. The minimum atomic E-state index is -3.27. The van der Waals surface area contributed by atoms with Gasteiger partial charge in [-0.2, -0.15) is 13.9 Å². The first-order valence-electron chi connectivity index (χ1n) is 6.70. The lowest BCUT2D eigenvalue weighted by molar-refractivity contribution is -0.158. The third-order valence-corrected chi connectivity index (χ3v) is 3.89. The summed E-state index contributed by atoms with van der Waals surface area (Å²) < 4.78 is 32.1. The molecule has 2 heterocycles. The number of benzene rings is 1. The number of ether oxygens (including phenoxy) is 1. The van der Waals surface area contributed by atoms with Crippen molar-refractivity contribution in [1.82, 2.24) is 14.8 Å². The van der Waals surface area contributed by atoms with Gasteiger partial charge in [-0.25, -0.2) is 14.5 Å². The molecule has 3 aromatic rings. The van der Waals surface area contributed by atoms with Gasteiger partial charge in [-0.05, 0) is 52.9 Å².